The SMILES string of the molecule is O=CC1OOCS1. The lowest BCUT2D eigenvalue weighted by Crippen LogP contribution is -1.99. The molecule has 40 valence electrons. The van der Waals surface area contributed by atoms with Crippen molar-refractivity contribution >= 4 is 18.0 Å². The predicted molar refractivity (Wildman–Crippen MR) is 24.5 cm³/mol. The molecule has 0 aromatic heterocycles. The number of aldehydes is 1. The average molecular weight is 120 g/mol. The zero-order valence-electron chi connectivity index (χ0n) is 3.49. The first kappa shape index (κ1) is 5.08. The summed E-state index contributed by atoms with van der Waals surface area (Å²) in [5.74, 6) is 0.462. The molecule has 0 radical (unpaired) electrons. The van der Waals surface area contributed by atoms with E-state index in [0.717, 1.165) is 0 Å². The minimum absolute atomic E-state index is 0.389. The smallest absolute Gasteiger partial charge is 0.196 e. The van der Waals surface area contributed by atoms with Crippen LogP contribution in [0.15, 0.2) is 0 Å². The van der Waals surface area contributed by atoms with E-state index in [1.807, 2.05) is 0 Å². The number of hydrogen-bond donors (Lipinski definition) is 0. The molecule has 0 aliphatic carbocycles. The molecule has 1 aliphatic rings. The van der Waals surface area contributed by atoms with Gasteiger partial charge in [-0.3, -0.25) is 4.79 Å². The fourth-order valence-electron chi connectivity index (χ4n) is 0.279. The minimum atomic E-state index is -0.389. The third-order valence-corrected chi connectivity index (χ3v) is 1.30. The largest absolute Gasteiger partial charge is 0.299 e. The molecule has 1 heterocycles. The highest BCUT2D eigenvalue weighted by molar-refractivity contribution is 8.00. The van der Waals surface area contributed by atoms with Crippen molar-refractivity contribution < 1.29 is 14.6 Å². The lowest BCUT2D eigenvalue weighted by molar-refractivity contribution is -0.265. The summed E-state index contributed by atoms with van der Waals surface area (Å²) >= 11 is 1.33. The highest BCUT2D eigenvalue weighted by Crippen LogP contribution is 2.17. The van der Waals surface area contributed by atoms with E-state index >= 15 is 0 Å². The van der Waals surface area contributed by atoms with Gasteiger partial charge >= 0.3 is 0 Å². The number of rotatable bonds is 1. The van der Waals surface area contributed by atoms with Crippen molar-refractivity contribution in [2.45, 2.75) is 5.44 Å². The van der Waals surface area contributed by atoms with Gasteiger partial charge in [-0.05, 0) is 0 Å². The fraction of sp³-hybridized carbons (Fsp3) is 0.667. The van der Waals surface area contributed by atoms with Gasteiger partial charge in [-0.2, -0.15) is 0 Å². The quantitative estimate of drug-likeness (QED) is 0.365. The zero-order valence-corrected chi connectivity index (χ0v) is 4.31. The van der Waals surface area contributed by atoms with Crippen molar-refractivity contribution in [3.05, 3.63) is 0 Å². The predicted octanol–water partition coefficient (Wildman–Crippen LogP) is 0.164. The molecule has 1 aliphatic heterocycles. The Bertz CT molecular complexity index is 68.6. The fourth-order valence-corrected chi connectivity index (χ4v) is 0.714. The van der Waals surface area contributed by atoms with E-state index in [4.69, 9.17) is 0 Å². The minimum Gasteiger partial charge on any atom is -0.299 e. The van der Waals surface area contributed by atoms with Crippen LogP contribution >= 0.6 is 11.8 Å². The third-order valence-electron chi connectivity index (χ3n) is 0.554. The molecule has 0 spiro atoms. The number of carbonyl (C=O) groups is 1. The van der Waals surface area contributed by atoms with Gasteiger partial charge in [0.1, 0.15) is 5.94 Å². The second-order valence-electron chi connectivity index (χ2n) is 1.00. The molecule has 1 fully saturated rings. The lowest BCUT2D eigenvalue weighted by Gasteiger charge is -1.88. The van der Waals surface area contributed by atoms with Gasteiger partial charge in [-0.25, -0.2) is 9.78 Å². The standard InChI is InChI=1S/C3H4O3S/c4-1-3-6-5-2-7-3/h1,3H,2H2. The summed E-state index contributed by atoms with van der Waals surface area (Å²) < 4.78 is 0. The Hall–Kier alpha value is -0.0600. The summed E-state index contributed by atoms with van der Waals surface area (Å²) in [7, 11) is 0. The van der Waals surface area contributed by atoms with Crippen LogP contribution < -0.4 is 0 Å². The van der Waals surface area contributed by atoms with E-state index in [1.54, 1.807) is 0 Å². The van der Waals surface area contributed by atoms with Gasteiger partial charge < -0.3 is 0 Å². The maximum absolute atomic E-state index is 9.78. The van der Waals surface area contributed by atoms with Crippen molar-refractivity contribution in [2.24, 2.45) is 0 Å². The molecule has 0 amide bonds. The number of thioether (sulfide) groups is 1. The summed E-state index contributed by atoms with van der Waals surface area (Å²) in [5.41, 5.74) is -0.389. The van der Waals surface area contributed by atoms with Gasteiger partial charge in [-0.1, -0.05) is 11.8 Å². The average Bonchev–Trinajstić information content (AvgIpc) is 2.14. The lowest BCUT2D eigenvalue weighted by atomic mass is 10.8. The second-order valence-corrected chi connectivity index (χ2v) is 2.04. The van der Waals surface area contributed by atoms with Gasteiger partial charge in [0.25, 0.3) is 0 Å². The molecule has 1 saturated heterocycles. The van der Waals surface area contributed by atoms with Gasteiger partial charge in [0.2, 0.25) is 0 Å². The molecular weight excluding hydrogens is 116 g/mol. The summed E-state index contributed by atoms with van der Waals surface area (Å²) in [6.07, 6.45) is 0.706. The summed E-state index contributed by atoms with van der Waals surface area (Å²) in [6, 6.07) is 0. The molecule has 1 atom stereocenters. The third kappa shape index (κ3) is 1.15. The Balaban J connectivity index is 2.26. The molecule has 3 nitrogen and oxygen atoms in total. The first-order valence-electron chi connectivity index (χ1n) is 1.78. The molecule has 0 N–H and O–H groups in total. The van der Waals surface area contributed by atoms with E-state index in [-0.39, 0.29) is 5.44 Å². The van der Waals surface area contributed by atoms with Crippen LogP contribution in [-0.2, 0) is 14.6 Å². The molecule has 0 aromatic rings. The van der Waals surface area contributed by atoms with Crippen molar-refractivity contribution in [1.29, 1.82) is 0 Å². The van der Waals surface area contributed by atoms with Crippen molar-refractivity contribution in [2.75, 3.05) is 5.94 Å². The van der Waals surface area contributed by atoms with Crippen LogP contribution in [0.5, 0.6) is 0 Å². The van der Waals surface area contributed by atoms with E-state index in [9.17, 15) is 4.79 Å². The maximum atomic E-state index is 9.78. The van der Waals surface area contributed by atoms with Crippen LogP contribution in [0.1, 0.15) is 0 Å². The summed E-state index contributed by atoms with van der Waals surface area (Å²) in [5, 5.41) is 0. The van der Waals surface area contributed by atoms with Crippen molar-refractivity contribution in [3.63, 3.8) is 0 Å². The maximum Gasteiger partial charge on any atom is 0.196 e. The van der Waals surface area contributed by atoms with Crippen LogP contribution in [0.4, 0.5) is 0 Å². The van der Waals surface area contributed by atoms with E-state index in [1.165, 1.54) is 11.8 Å². The summed E-state index contributed by atoms with van der Waals surface area (Å²) in [4.78, 5) is 18.6. The highest BCUT2D eigenvalue weighted by Gasteiger charge is 2.15. The van der Waals surface area contributed by atoms with Crippen molar-refractivity contribution in [1.82, 2.24) is 0 Å². The Labute approximate surface area is 44.9 Å². The Morgan fingerprint density at radius 1 is 1.86 bits per heavy atom. The van der Waals surface area contributed by atoms with Crippen LogP contribution in [0.2, 0.25) is 0 Å². The van der Waals surface area contributed by atoms with Crippen LogP contribution in [0, 0.1) is 0 Å². The van der Waals surface area contributed by atoms with Crippen LogP contribution in [0.25, 0.3) is 0 Å². The molecule has 1 rings (SSSR count). The van der Waals surface area contributed by atoms with Gasteiger partial charge in [0, 0.05) is 0 Å². The second kappa shape index (κ2) is 2.30. The number of carbonyl (C=O) groups excluding carboxylic acids is 1. The van der Waals surface area contributed by atoms with Crippen LogP contribution in [0.3, 0.4) is 0 Å². The monoisotopic (exact) mass is 120 g/mol. The Morgan fingerprint density at radius 3 is 3.00 bits per heavy atom. The van der Waals surface area contributed by atoms with Gasteiger partial charge in [-0.15, -0.1) is 0 Å². The van der Waals surface area contributed by atoms with Gasteiger partial charge in [0.05, 0.1) is 0 Å². The van der Waals surface area contributed by atoms with E-state index in [2.05, 4.69) is 9.78 Å². The van der Waals surface area contributed by atoms with E-state index in [0.29, 0.717) is 12.2 Å². The zero-order chi connectivity index (χ0) is 5.11. The molecule has 4 heteroatoms. The molecule has 7 heavy (non-hydrogen) atoms. The van der Waals surface area contributed by atoms with E-state index < -0.39 is 0 Å². The topological polar surface area (TPSA) is 35.5 Å². The van der Waals surface area contributed by atoms with Crippen LogP contribution in [-0.4, -0.2) is 17.7 Å². The van der Waals surface area contributed by atoms with Crippen molar-refractivity contribution in [3.8, 4) is 0 Å². The first-order chi connectivity index (χ1) is 3.43. The normalized spacial score (nSPS) is 30.6. The number of hydrogen-bond acceptors (Lipinski definition) is 4. The molecular formula is C3H4O3S. The molecule has 0 saturated carbocycles. The Kier molecular flexibility index (Phi) is 1.67. The molecule has 1 unspecified atom stereocenters. The Morgan fingerprint density at radius 2 is 2.71 bits per heavy atom. The first-order valence-corrected chi connectivity index (χ1v) is 2.83. The van der Waals surface area contributed by atoms with Gasteiger partial charge in [0.15, 0.2) is 11.7 Å². The molecule has 0 aromatic carbocycles. The molecule has 0 bridgehead atoms. The summed E-state index contributed by atoms with van der Waals surface area (Å²) in [6.45, 7) is 0. The highest BCUT2D eigenvalue weighted by atomic mass is 32.2.